The highest BCUT2D eigenvalue weighted by atomic mass is 32.2. The smallest absolute Gasteiger partial charge is 0.0478 e. The molecule has 1 rings (SSSR count). The van der Waals surface area contributed by atoms with Gasteiger partial charge in [0.25, 0.3) is 0 Å². The molecular formula is C15H25NS. The van der Waals surface area contributed by atoms with Crippen molar-refractivity contribution in [3.63, 3.8) is 0 Å². The lowest BCUT2D eigenvalue weighted by Gasteiger charge is -2.17. The Morgan fingerprint density at radius 2 is 2.00 bits per heavy atom. The van der Waals surface area contributed by atoms with Crippen LogP contribution in [0.4, 0.5) is 5.69 Å². The first-order valence-corrected chi connectivity index (χ1v) is 7.91. The lowest BCUT2D eigenvalue weighted by molar-refractivity contribution is 0.472. The van der Waals surface area contributed by atoms with E-state index >= 15 is 0 Å². The normalized spacial score (nSPS) is 12.4. The highest BCUT2D eigenvalue weighted by Gasteiger charge is 2.06. The average molecular weight is 251 g/mol. The van der Waals surface area contributed by atoms with E-state index in [2.05, 4.69) is 49.7 Å². The summed E-state index contributed by atoms with van der Waals surface area (Å²) in [6.45, 7) is 5.67. The van der Waals surface area contributed by atoms with E-state index in [9.17, 15) is 0 Å². The average Bonchev–Trinajstić information content (AvgIpc) is 2.39. The summed E-state index contributed by atoms with van der Waals surface area (Å²) in [5.74, 6) is 0.810. The van der Waals surface area contributed by atoms with Crippen molar-refractivity contribution in [3.05, 3.63) is 24.3 Å². The van der Waals surface area contributed by atoms with Crippen molar-refractivity contribution >= 4 is 17.4 Å². The Bertz CT molecular complexity index is 312. The summed E-state index contributed by atoms with van der Waals surface area (Å²) in [5.41, 5.74) is 1.29. The fourth-order valence-corrected chi connectivity index (χ4v) is 2.56. The molecular weight excluding hydrogens is 226 g/mol. The summed E-state index contributed by atoms with van der Waals surface area (Å²) in [6, 6.07) is 8.57. The Balaban J connectivity index is 2.47. The number of benzene rings is 1. The van der Waals surface area contributed by atoms with Gasteiger partial charge in [0.15, 0.2) is 0 Å². The summed E-state index contributed by atoms with van der Waals surface area (Å²) in [7, 11) is 0. The largest absolute Gasteiger partial charge is 0.384 e. The van der Waals surface area contributed by atoms with Gasteiger partial charge in [-0.2, -0.15) is 0 Å². The zero-order chi connectivity index (χ0) is 12.5. The van der Waals surface area contributed by atoms with Crippen molar-refractivity contribution in [3.8, 4) is 0 Å². The van der Waals surface area contributed by atoms with Crippen LogP contribution in [0.25, 0.3) is 0 Å². The van der Waals surface area contributed by atoms with E-state index in [1.165, 1.54) is 36.3 Å². The van der Waals surface area contributed by atoms with Gasteiger partial charge in [-0.1, -0.05) is 45.2 Å². The minimum absolute atomic E-state index is 0.810. The summed E-state index contributed by atoms with van der Waals surface area (Å²) in [5, 5.41) is 3.60. The van der Waals surface area contributed by atoms with Gasteiger partial charge in [0, 0.05) is 17.1 Å². The molecule has 0 aliphatic heterocycles. The minimum atomic E-state index is 0.810. The predicted octanol–water partition coefficient (Wildman–Crippen LogP) is 5.04. The van der Waals surface area contributed by atoms with Gasteiger partial charge in [-0.15, -0.1) is 11.8 Å². The fourth-order valence-electron chi connectivity index (χ4n) is 1.99. The number of unbranched alkanes of at least 4 members (excludes halogenated alkanes) is 1. The molecule has 2 heteroatoms. The molecule has 17 heavy (non-hydrogen) atoms. The van der Waals surface area contributed by atoms with Gasteiger partial charge in [0.1, 0.15) is 0 Å². The Kier molecular flexibility index (Phi) is 7.18. The van der Waals surface area contributed by atoms with Crippen molar-refractivity contribution in [1.29, 1.82) is 0 Å². The first-order chi connectivity index (χ1) is 8.31. The molecule has 0 aromatic heterocycles. The van der Waals surface area contributed by atoms with Crippen LogP contribution in [0.15, 0.2) is 29.2 Å². The van der Waals surface area contributed by atoms with Crippen molar-refractivity contribution < 1.29 is 0 Å². The molecule has 0 saturated carbocycles. The number of nitrogens with one attached hydrogen (secondary N) is 1. The molecule has 0 bridgehead atoms. The molecule has 96 valence electrons. The number of hydrogen-bond donors (Lipinski definition) is 1. The van der Waals surface area contributed by atoms with E-state index in [-0.39, 0.29) is 0 Å². The van der Waals surface area contributed by atoms with Crippen molar-refractivity contribution in [1.82, 2.24) is 0 Å². The lowest BCUT2D eigenvalue weighted by Crippen LogP contribution is -2.14. The molecule has 0 fully saturated rings. The summed E-state index contributed by atoms with van der Waals surface area (Å²) in [6.07, 6.45) is 7.41. The van der Waals surface area contributed by atoms with Crippen molar-refractivity contribution in [2.24, 2.45) is 5.92 Å². The maximum Gasteiger partial charge on any atom is 0.0478 e. The molecule has 1 unspecified atom stereocenters. The molecule has 0 heterocycles. The number of anilines is 1. The van der Waals surface area contributed by atoms with Gasteiger partial charge >= 0.3 is 0 Å². The second-order valence-electron chi connectivity index (χ2n) is 4.50. The van der Waals surface area contributed by atoms with Crippen LogP contribution in [-0.2, 0) is 0 Å². The SMILES string of the molecule is CCCCC(CC)CNc1ccccc1SC. The maximum absolute atomic E-state index is 3.60. The van der Waals surface area contributed by atoms with E-state index in [1.54, 1.807) is 0 Å². The summed E-state index contributed by atoms with van der Waals surface area (Å²) < 4.78 is 0. The molecule has 1 atom stereocenters. The van der Waals surface area contributed by atoms with Crippen LogP contribution >= 0.6 is 11.8 Å². The lowest BCUT2D eigenvalue weighted by atomic mass is 9.99. The number of para-hydroxylation sites is 1. The zero-order valence-electron chi connectivity index (χ0n) is 11.3. The molecule has 0 radical (unpaired) electrons. The summed E-state index contributed by atoms with van der Waals surface area (Å²) >= 11 is 1.81. The highest BCUT2D eigenvalue weighted by Crippen LogP contribution is 2.25. The number of thioether (sulfide) groups is 1. The Morgan fingerprint density at radius 1 is 1.24 bits per heavy atom. The van der Waals surface area contributed by atoms with Gasteiger partial charge in [-0.3, -0.25) is 0 Å². The molecule has 0 aliphatic carbocycles. The van der Waals surface area contributed by atoms with Crippen LogP contribution in [0.2, 0.25) is 0 Å². The van der Waals surface area contributed by atoms with Crippen LogP contribution in [0.3, 0.4) is 0 Å². The first-order valence-electron chi connectivity index (χ1n) is 6.68. The Hall–Kier alpha value is -0.630. The molecule has 1 N–H and O–H groups in total. The monoisotopic (exact) mass is 251 g/mol. The van der Waals surface area contributed by atoms with E-state index in [4.69, 9.17) is 0 Å². The van der Waals surface area contributed by atoms with Crippen LogP contribution in [0.5, 0.6) is 0 Å². The van der Waals surface area contributed by atoms with E-state index in [0.717, 1.165) is 12.5 Å². The van der Waals surface area contributed by atoms with Gasteiger partial charge < -0.3 is 5.32 Å². The Labute approximate surface area is 110 Å². The van der Waals surface area contributed by atoms with Gasteiger partial charge in [0.05, 0.1) is 0 Å². The standard InChI is InChI=1S/C15H25NS/c1-4-6-9-13(5-2)12-16-14-10-7-8-11-15(14)17-3/h7-8,10-11,13,16H,4-6,9,12H2,1-3H3. The predicted molar refractivity (Wildman–Crippen MR) is 80.0 cm³/mol. The third kappa shape index (κ3) is 5.03. The van der Waals surface area contributed by atoms with Crippen LogP contribution in [0.1, 0.15) is 39.5 Å². The quantitative estimate of drug-likeness (QED) is 0.650. The second kappa shape index (κ2) is 8.46. The molecule has 0 spiro atoms. The number of rotatable bonds is 8. The van der Waals surface area contributed by atoms with Gasteiger partial charge in [0.2, 0.25) is 0 Å². The Morgan fingerprint density at radius 3 is 2.65 bits per heavy atom. The molecule has 1 nitrogen and oxygen atoms in total. The van der Waals surface area contributed by atoms with Gasteiger partial charge in [-0.25, -0.2) is 0 Å². The first kappa shape index (κ1) is 14.4. The zero-order valence-corrected chi connectivity index (χ0v) is 12.1. The molecule has 1 aromatic rings. The second-order valence-corrected chi connectivity index (χ2v) is 5.35. The minimum Gasteiger partial charge on any atom is -0.384 e. The highest BCUT2D eigenvalue weighted by molar-refractivity contribution is 7.98. The molecule has 1 aromatic carbocycles. The van der Waals surface area contributed by atoms with Crippen molar-refractivity contribution in [2.75, 3.05) is 18.1 Å². The van der Waals surface area contributed by atoms with E-state index in [1.807, 2.05) is 11.8 Å². The molecule has 0 aliphatic rings. The van der Waals surface area contributed by atoms with Gasteiger partial charge in [-0.05, 0) is 30.7 Å². The molecule has 0 saturated heterocycles. The van der Waals surface area contributed by atoms with Crippen LogP contribution in [0, 0.1) is 5.92 Å². The number of hydrogen-bond acceptors (Lipinski definition) is 2. The topological polar surface area (TPSA) is 12.0 Å². The van der Waals surface area contributed by atoms with E-state index < -0.39 is 0 Å². The molecule has 0 amide bonds. The summed E-state index contributed by atoms with van der Waals surface area (Å²) in [4.78, 5) is 1.35. The maximum atomic E-state index is 3.60. The van der Waals surface area contributed by atoms with Crippen molar-refractivity contribution in [2.45, 2.75) is 44.4 Å². The van der Waals surface area contributed by atoms with Crippen LogP contribution < -0.4 is 5.32 Å². The van der Waals surface area contributed by atoms with E-state index in [0.29, 0.717) is 0 Å². The fraction of sp³-hybridized carbons (Fsp3) is 0.600. The van der Waals surface area contributed by atoms with Crippen LogP contribution in [-0.4, -0.2) is 12.8 Å². The third-order valence-electron chi connectivity index (χ3n) is 3.23. The third-order valence-corrected chi connectivity index (χ3v) is 4.03.